The van der Waals surface area contributed by atoms with E-state index in [0.29, 0.717) is 23.3 Å². The highest BCUT2D eigenvalue weighted by atomic mass is 15.0. The molecular formula is C70H53N5. The number of benzene rings is 9. The van der Waals surface area contributed by atoms with Crippen LogP contribution in [-0.4, -0.2) is 24.9 Å². The van der Waals surface area contributed by atoms with Gasteiger partial charge in [0.2, 0.25) is 0 Å². The van der Waals surface area contributed by atoms with Crippen LogP contribution in [0.2, 0.25) is 0 Å². The first-order valence-electron chi connectivity index (χ1n) is 26.1. The van der Waals surface area contributed by atoms with E-state index in [0.717, 1.165) is 55.9 Å². The second-order valence-corrected chi connectivity index (χ2v) is 22.1. The third-order valence-electron chi connectivity index (χ3n) is 16.6. The zero-order valence-electron chi connectivity index (χ0n) is 42.9. The van der Waals surface area contributed by atoms with Crippen molar-refractivity contribution in [2.24, 2.45) is 0 Å². The lowest BCUT2D eigenvalue weighted by Gasteiger charge is -2.22. The van der Waals surface area contributed by atoms with Crippen LogP contribution in [0.15, 0.2) is 212 Å². The van der Waals surface area contributed by atoms with Crippen LogP contribution < -0.4 is 0 Å². The predicted octanol–water partition coefficient (Wildman–Crippen LogP) is 17.2. The van der Waals surface area contributed by atoms with E-state index in [4.69, 9.17) is 24.9 Å². The van der Waals surface area contributed by atoms with Crippen molar-refractivity contribution < 1.29 is 0 Å². The molecule has 0 saturated heterocycles. The molecule has 0 fully saturated rings. The molecule has 0 atom stereocenters. The molecular weight excluding hydrogens is 911 g/mol. The Morgan fingerprint density at radius 3 is 0.960 bits per heavy atom. The molecule has 3 aliphatic rings. The van der Waals surface area contributed by atoms with Crippen LogP contribution in [0, 0.1) is 0 Å². The van der Waals surface area contributed by atoms with Crippen LogP contribution in [0.1, 0.15) is 74.9 Å². The van der Waals surface area contributed by atoms with Crippen molar-refractivity contribution in [3.8, 4) is 113 Å². The van der Waals surface area contributed by atoms with Gasteiger partial charge in [-0.3, -0.25) is 0 Å². The molecule has 5 nitrogen and oxygen atoms in total. The number of fused-ring (bicyclic) bond motifs is 9. The molecule has 9 aromatic carbocycles. The first kappa shape index (κ1) is 44.7. The van der Waals surface area contributed by atoms with Crippen molar-refractivity contribution in [2.75, 3.05) is 0 Å². The highest BCUT2D eigenvalue weighted by Gasteiger charge is 2.38. The van der Waals surface area contributed by atoms with E-state index in [1.165, 1.54) is 66.8 Å². The third-order valence-corrected chi connectivity index (χ3v) is 16.6. The fraction of sp³-hybridized carbons (Fsp3) is 0.129. The van der Waals surface area contributed by atoms with E-state index in [1.807, 2.05) is 6.07 Å². The van der Waals surface area contributed by atoms with Gasteiger partial charge in [-0.2, -0.15) is 0 Å². The minimum atomic E-state index is -0.174. The van der Waals surface area contributed by atoms with E-state index < -0.39 is 0 Å². The van der Waals surface area contributed by atoms with Crippen molar-refractivity contribution in [3.05, 3.63) is 246 Å². The molecule has 3 aliphatic carbocycles. The molecule has 2 heterocycles. The SMILES string of the molecule is CC1(C)c2ccccc2-c2ccc(-c3nc(-c4ccccc4)cc(-c4cccc(-c5cccc(-c6nc(-c7ccc8c(c7)C(C)(C)c7ccccc7-8)nc(-c7ccc8c(c7)C(C)(C)c7ccccc7-8)n6)c5)c4)n3)cc21. The van der Waals surface area contributed by atoms with Gasteiger partial charge in [0, 0.05) is 49.6 Å². The van der Waals surface area contributed by atoms with Crippen LogP contribution in [0.25, 0.3) is 113 Å². The summed E-state index contributed by atoms with van der Waals surface area (Å²) in [6.45, 7) is 13.9. The van der Waals surface area contributed by atoms with Gasteiger partial charge >= 0.3 is 0 Å². The molecule has 14 rings (SSSR count). The molecule has 0 unspecified atom stereocenters. The Bertz CT molecular complexity index is 4040. The summed E-state index contributed by atoms with van der Waals surface area (Å²) in [5.41, 5.74) is 24.7. The fourth-order valence-corrected chi connectivity index (χ4v) is 12.5. The minimum absolute atomic E-state index is 0.146. The van der Waals surface area contributed by atoms with Gasteiger partial charge in [-0.25, -0.2) is 24.9 Å². The molecule has 0 amide bonds. The van der Waals surface area contributed by atoms with Gasteiger partial charge in [0.1, 0.15) is 0 Å². The number of rotatable bonds is 7. The number of hydrogen-bond acceptors (Lipinski definition) is 5. The predicted molar refractivity (Wildman–Crippen MR) is 306 cm³/mol. The molecule has 358 valence electrons. The number of hydrogen-bond donors (Lipinski definition) is 0. The van der Waals surface area contributed by atoms with Gasteiger partial charge < -0.3 is 0 Å². The second-order valence-electron chi connectivity index (χ2n) is 22.1. The van der Waals surface area contributed by atoms with Crippen molar-refractivity contribution in [1.29, 1.82) is 0 Å². The van der Waals surface area contributed by atoms with Crippen molar-refractivity contribution >= 4 is 0 Å². The molecule has 2 aromatic heterocycles. The Morgan fingerprint density at radius 2 is 0.520 bits per heavy atom. The molecule has 0 saturated carbocycles. The van der Waals surface area contributed by atoms with E-state index in [2.05, 4.69) is 248 Å². The Balaban J connectivity index is 0.871. The molecule has 0 N–H and O–H groups in total. The second kappa shape index (κ2) is 16.5. The smallest absolute Gasteiger partial charge is 0.164 e. The van der Waals surface area contributed by atoms with Crippen LogP contribution in [0.4, 0.5) is 0 Å². The summed E-state index contributed by atoms with van der Waals surface area (Å²) >= 11 is 0. The van der Waals surface area contributed by atoms with Crippen molar-refractivity contribution in [2.45, 2.75) is 57.8 Å². The summed E-state index contributed by atoms with van der Waals surface area (Å²) in [6, 6.07) is 76.3. The van der Waals surface area contributed by atoms with Crippen LogP contribution >= 0.6 is 0 Å². The summed E-state index contributed by atoms with van der Waals surface area (Å²) in [5.74, 6) is 2.60. The van der Waals surface area contributed by atoms with E-state index in [1.54, 1.807) is 0 Å². The van der Waals surface area contributed by atoms with E-state index in [9.17, 15) is 0 Å². The highest BCUT2D eigenvalue weighted by molar-refractivity contribution is 5.87. The summed E-state index contributed by atoms with van der Waals surface area (Å²) in [5, 5.41) is 0. The maximum absolute atomic E-state index is 5.35. The van der Waals surface area contributed by atoms with Gasteiger partial charge in [-0.15, -0.1) is 0 Å². The Kier molecular flexibility index (Phi) is 9.87. The van der Waals surface area contributed by atoms with Gasteiger partial charge in [0.25, 0.3) is 0 Å². The maximum Gasteiger partial charge on any atom is 0.164 e. The Hall–Kier alpha value is -8.93. The topological polar surface area (TPSA) is 64.5 Å². The standard InChI is InChI=1S/C70H53N5/c1-68(2)56-27-13-10-24-50(56)53-33-30-47(38-59(53)68)64-71-62(42-18-8-7-9-19-42)41-63(72-64)45-22-16-20-43(36-45)44-21-17-23-46(37-44)65-73-66(48-31-34-54-51-25-11-14-28-57(51)69(3,4)60(54)39-48)75-67(74-65)49-32-35-55-52-26-12-15-29-58(52)70(5,6)61(55)40-49/h7-41H,1-6H3. The minimum Gasteiger partial charge on any atom is -0.228 e. The largest absolute Gasteiger partial charge is 0.228 e. The first-order chi connectivity index (χ1) is 36.4. The summed E-state index contributed by atoms with van der Waals surface area (Å²) < 4.78 is 0. The van der Waals surface area contributed by atoms with Crippen LogP contribution in [-0.2, 0) is 16.2 Å². The lowest BCUT2D eigenvalue weighted by Crippen LogP contribution is -2.15. The van der Waals surface area contributed by atoms with Gasteiger partial charge in [-0.05, 0) is 114 Å². The van der Waals surface area contributed by atoms with E-state index >= 15 is 0 Å². The number of aromatic nitrogens is 5. The molecule has 75 heavy (non-hydrogen) atoms. The summed E-state index contributed by atoms with van der Waals surface area (Å²) in [7, 11) is 0. The zero-order valence-corrected chi connectivity index (χ0v) is 42.9. The first-order valence-corrected chi connectivity index (χ1v) is 26.1. The van der Waals surface area contributed by atoms with Gasteiger partial charge in [-0.1, -0.05) is 217 Å². The lowest BCUT2D eigenvalue weighted by molar-refractivity contribution is 0.660. The molecule has 0 radical (unpaired) electrons. The third kappa shape index (κ3) is 7.09. The Morgan fingerprint density at radius 1 is 0.213 bits per heavy atom. The fourth-order valence-electron chi connectivity index (χ4n) is 12.5. The van der Waals surface area contributed by atoms with Crippen molar-refractivity contribution in [1.82, 2.24) is 24.9 Å². The van der Waals surface area contributed by atoms with Crippen LogP contribution in [0.5, 0.6) is 0 Å². The summed E-state index contributed by atoms with van der Waals surface area (Å²) in [4.78, 5) is 26.6. The van der Waals surface area contributed by atoms with E-state index in [-0.39, 0.29) is 16.2 Å². The monoisotopic (exact) mass is 963 g/mol. The number of nitrogens with zero attached hydrogens (tertiary/aromatic N) is 5. The molecule has 11 aromatic rings. The quantitative estimate of drug-likeness (QED) is 0.159. The molecule has 0 aliphatic heterocycles. The maximum atomic E-state index is 5.35. The molecule has 0 bridgehead atoms. The van der Waals surface area contributed by atoms with Gasteiger partial charge in [0.15, 0.2) is 23.3 Å². The Labute approximate surface area is 438 Å². The highest BCUT2D eigenvalue weighted by Crippen LogP contribution is 2.52. The van der Waals surface area contributed by atoms with Crippen molar-refractivity contribution in [3.63, 3.8) is 0 Å². The van der Waals surface area contributed by atoms with Gasteiger partial charge in [0.05, 0.1) is 11.4 Å². The summed E-state index contributed by atoms with van der Waals surface area (Å²) in [6.07, 6.45) is 0. The normalized spacial score (nSPS) is 14.6. The molecule has 0 spiro atoms. The molecule has 5 heteroatoms. The average Bonchev–Trinajstić information content (AvgIpc) is 4.02. The zero-order chi connectivity index (χ0) is 50.8. The lowest BCUT2D eigenvalue weighted by atomic mass is 9.82. The van der Waals surface area contributed by atoms with Crippen LogP contribution in [0.3, 0.4) is 0 Å². The average molecular weight is 964 g/mol.